The standard InChI is InChI=1S/C14H9FN2O/c15-11-4-1-3-9-7-10(8-17-13(9)11)14(18)12-5-2-6-16-12/h1-8,16H. The second-order valence-corrected chi connectivity index (χ2v) is 3.95. The number of benzene rings is 1. The molecule has 0 spiro atoms. The molecule has 1 aromatic carbocycles. The van der Waals surface area contributed by atoms with Crippen LogP contribution in [-0.2, 0) is 0 Å². The number of rotatable bonds is 2. The summed E-state index contributed by atoms with van der Waals surface area (Å²) in [5.41, 5.74) is 1.21. The summed E-state index contributed by atoms with van der Waals surface area (Å²) < 4.78 is 13.4. The lowest BCUT2D eigenvalue weighted by Crippen LogP contribution is -2.02. The Morgan fingerprint density at radius 3 is 2.89 bits per heavy atom. The van der Waals surface area contributed by atoms with Crippen molar-refractivity contribution in [3.8, 4) is 0 Å². The van der Waals surface area contributed by atoms with Crippen molar-refractivity contribution in [3.05, 3.63) is 65.9 Å². The Morgan fingerprint density at radius 2 is 2.11 bits per heavy atom. The molecule has 0 atom stereocenters. The van der Waals surface area contributed by atoms with Crippen LogP contribution in [0.5, 0.6) is 0 Å². The SMILES string of the molecule is O=C(c1cnc2c(F)cccc2c1)c1ccc[nH]1. The number of aromatic nitrogens is 2. The molecule has 88 valence electrons. The lowest BCUT2D eigenvalue weighted by molar-refractivity contribution is 0.103. The molecule has 3 aromatic rings. The van der Waals surface area contributed by atoms with Crippen molar-refractivity contribution in [3.63, 3.8) is 0 Å². The molecule has 2 heterocycles. The van der Waals surface area contributed by atoms with Gasteiger partial charge in [0, 0.05) is 23.3 Å². The van der Waals surface area contributed by atoms with Gasteiger partial charge in [0.25, 0.3) is 0 Å². The van der Waals surface area contributed by atoms with Crippen LogP contribution in [-0.4, -0.2) is 15.8 Å². The van der Waals surface area contributed by atoms with E-state index < -0.39 is 0 Å². The fraction of sp³-hybridized carbons (Fsp3) is 0. The minimum absolute atomic E-state index is 0.154. The van der Waals surface area contributed by atoms with Crippen LogP contribution >= 0.6 is 0 Å². The van der Waals surface area contributed by atoms with Crippen LogP contribution in [0.25, 0.3) is 10.9 Å². The molecular formula is C14H9FN2O. The molecule has 0 fully saturated rings. The van der Waals surface area contributed by atoms with E-state index in [2.05, 4.69) is 9.97 Å². The number of ketones is 1. The van der Waals surface area contributed by atoms with Crippen molar-refractivity contribution >= 4 is 16.7 Å². The zero-order chi connectivity index (χ0) is 12.5. The number of nitrogens with zero attached hydrogens (tertiary/aromatic N) is 1. The number of H-pyrrole nitrogens is 1. The molecule has 2 aromatic heterocycles. The second kappa shape index (κ2) is 4.07. The Bertz CT molecular complexity index is 720. The Hall–Kier alpha value is -2.49. The number of carbonyl (C=O) groups is 1. The maximum absolute atomic E-state index is 13.4. The highest BCUT2D eigenvalue weighted by atomic mass is 19.1. The van der Waals surface area contributed by atoms with Crippen LogP contribution in [0.1, 0.15) is 16.1 Å². The van der Waals surface area contributed by atoms with Gasteiger partial charge < -0.3 is 4.98 Å². The first-order valence-corrected chi connectivity index (χ1v) is 5.48. The number of para-hydroxylation sites is 1. The molecule has 0 saturated carbocycles. The van der Waals surface area contributed by atoms with Crippen molar-refractivity contribution < 1.29 is 9.18 Å². The van der Waals surface area contributed by atoms with E-state index in [-0.39, 0.29) is 17.1 Å². The molecular weight excluding hydrogens is 231 g/mol. The van der Waals surface area contributed by atoms with Gasteiger partial charge in [-0.25, -0.2) is 4.39 Å². The molecule has 4 heteroatoms. The first-order chi connectivity index (χ1) is 8.75. The zero-order valence-corrected chi connectivity index (χ0v) is 9.35. The largest absolute Gasteiger partial charge is 0.359 e. The molecule has 3 rings (SSSR count). The van der Waals surface area contributed by atoms with Crippen molar-refractivity contribution in [2.75, 3.05) is 0 Å². The van der Waals surface area contributed by atoms with E-state index in [1.807, 2.05) is 0 Å². The van der Waals surface area contributed by atoms with Gasteiger partial charge in [-0.2, -0.15) is 0 Å². The minimum Gasteiger partial charge on any atom is -0.359 e. The van der Waals surface area contributed by atoms with E-state index in [0.29, 0.717) is 16.6 Å². The maximum Gasteiger partial charge on any atom is 0.210 e. The van der Waals surface area contributed by atoms with Crippen LogP contribution in [0.2, 0.25) is 0 Å². The molecule has 0 radical (unpaired) electrons. The monoisotopic (exact) mass is 240 g/mol. The number of hydrogen-bond acceptors (Lipinski definition) is 2. The van der Waals surface area contributed by atoms with Crippen LogP contribution in [0.3, 0.4) is 0 Å². The predicted molar refractivity (Wildman–Crippen MR) is 65.9 cm³/mol. The highest BCUT2D eigenvalue weighted by Gasteiger charge is 2.11. The third-order valence-corrected chi connectivity index (χ3v) is 2.77. The lowest BCUT2D eigenvalue weighted by atomic mass is 10.1. The number of carbonyl (C=O) groups excluding carboxylic acids is 1. The Morgan fingerprint density at radius 1 is 1.22 bits per heavy atom. The van der Waals surface area contributed by atoms with Crippen LogP contribution in [0.4, 0.5) is 4.39 Å². The summed E-state index contributed by atoms with van der Waals surface area (Å²) in [5, 5.41) is 0.618. The van der Waals surface area contributed by atoms with Crippen molar-refractivity contribution in [1.29, 1.82) is 0 Å². The van der Waals surface area contributed by atoms with Gasteiger partial charge in [0.15, 0.2) is 0 Å². The van der Waals surface area contributed by atoms with Gasteiger partial charge in [0.2, 0.25) is 5.78 Å². The number of hydrogen-bond donors (Lipinski definition) is 1. The summed E-state index contributed by atoms with van der Waals surface area (Å²) in [6.45, 7) is 0. The van der Waals surface area contributed by atoms with Gasteiger partial charge >= 0.3 is 0 Å². The van der Waals surface area contributed by atoms with Crippen LogP contribution in [0.15, 0.2) is 48.8 Å². The van der Waals surface area contributed by atoms with Crippen molar-refractivity contribution in [2.45, 2.75) is 0 Å². The summed E-state index contributed by atoms with van der Waals surface area (Å²) in [6.07, 6.45) is 3.08. The number of pyridine rings is 1. The number of nitrogens with one attached hydrogen (secondary N) is 1. The van der Waals surface area contributed by atoms with Crippen molar-refractivity contribution in [2.24, 2.45) is 0 Å². The topological polar surface area (TPSA) is 45.8 Å². The number of aromatic amines is 1. The molecule has 0 bridgehead atoms. The minimum atomic E-state index is -0.383. The zero-order valence-electron chi connectivity index (χ0n) is 9.35. The Labute approximate surface area is 102 Å². The van der Waals surface area contributed by atoms with E-state index in [1.165, 1.54) is 12.3 Å². The highest BCUT2D eigenvalue weighted by molar-refractivity contribution is 6.09. The highest BCUT2D eigenvalue weighted by Crippen LogP contribution is 2.17. The summed E-state index contributed by atoms with van der Waals surface area (Å²) in [7, 11) is 0. The molecule has 3 nitrogen and oxygen atoms in total. The summed E-state index contributed by atoms with van der Waals surface area (Å²) in [5.74, 6) is -0.537. The maximum atomic E-state index is 13.4. The second-order valence-electron chi connectivity index (χ2n) is 3.95. The van der Waals surface area contributed by atoms with Gasteiger partial charge in [-0.3, -0.25) is 9.78 Å². The Balaban J connectivity index is 2.12. The quantitative estimate of drug-likeness (QED) is 0.700. The van der Waals surface area contributed by atoms with Gasteiger partial charge in [-0.1, -0.05) is 12.1 Å². The molecule has 18 heavy (non-hydrogen) atoms. The molecule has 0 amide bonds. The first-order valence-electron chi connectivity index (χ1n) is 5.48. The third kappa shape index (κ3) is 1.68. The summed E-state index contributed by atoms with van der Waals surface area (Å²) in [4.78, 5) is 18.9. The van der Waals surface area contributed by atoms with E-state index in [0.717, 1.165) is 0 Å². The van der Waals surface area contributed by atoms with Crippen molar-refractivity contribution in [1.82, 2.24) is 9.97 Å². The van der Waals surface area contributed by atoms with Gasteiger partial charge in [-0.15, -0.1) is 0 Å². The van der Waals surface area contributed by atoms with E-state index in [4.69, 9.17) is 0 Å². The third-order valence-electron chi connectivity index (χ3n) is 2.77. The molecule has 0 aliphatic heterocycles. The summed E-state index contributed by atoms with van der Waals surface area (Å²) >= 11 is 0. The van der Waals surface area contributed by atoms with Gasteiger partial charge in [-0.05, 0) is 24.3 Å². The normalized spacial score (nSPS) is 10.7. The van der Waals surface area contributed by atoms with Crippen LogP contribution in [0, 0.1) is 5.82 Å². The Kier molecular flexibility index (Phi) is 2.41. The van der Waals surface area contributed by atoms with E-state index >= 15 is 0 Å². The molecule has 1 N–H and O–H groups in total. The average Bonchev–Trinajstić information content (AvgIpc) is 2.91. The van der Waals surface area contributed by atoms with Gasteiger partial charge in [0.1, 0.15) is 11.3 Å². The van der Waals surface area contributed by atoms with E-state index in [9.17, 15) is 9.18 Å². The fourth-order valence-electron chi connectivity index (χ4n) is 1.87. The lowest BCUT2D eigenvalue weighted by Gasteiger charge is -2.02. The molecule has 0 unspecified atom stereocenters. The van der Waals surface area contributed by atoms with Gasteiger partial charge in [0.05, 0.1) is 5.69 Å². The molecule has 0 aliphatic carbocycles. The van der Waals surface area contributed by atoms with Crippen LogP contribution < -0.4 is 0 Å². The molecule has 0 aliphatic rings. The number of fused-ring (bicyclic) bond motifs is 1. The summed E-state index contributed by atoms with van der Waals surface area (Å²) in [6, 6.07) is 9.77. The fourth-order valence-corrected chi connectivity index (χ4v) is 1.87. The van der Waals surface area contributed by atoms with E-state index in [1.54, 1.807) is 36.5 Å². The first kappa shape index (κ1) is 10.7. The molecule has 0 saturated heterocycles. The average molecular weight is 240 g/mol. The smallest absolute Gasteiger partial charge is 0.210 e. The number of halogens is 1. The predicted octanol–water partition coefficient (Wildman–Crippen LogP) is 2.93.